The maximum atomic E-state index is 9.08. The quantitative estimate of drug-likeness (QED) is 0.884. The van der Waals surface area contributed by atoms with Gasteiger partial charge in [-0.1, -0.05) is 38.3 Å². The van der Waals surface area contributed by atoms with Gasteiger partial charge in [-0.2, -0.15) is 0 Å². The van der Waals surface area contributed by atoms with Gasteiger partial charge in [0.05, 0.1) is 7.11 Å². The standard InChI is InChI=1S/C16H24O2/c1-16(9-4-3-5-10-16)14-12-13(8-11-17)6-7-15(14)18-2/h6-7,12,17H,3-5,8-11H2,1-2H3. The topological polar surface area (TPSA) is 29.5 Å². The van der Waals surface area contributed by atoms with Crippen LogP contribution in [0.25, 0.3) is 0 Å². The van der Waals surface area contributed by atoms with Crippen molar-refractivity contribution in [1.82, 2.24) is 0 Å². The van der Waals surface area contributed by atoms with E-state index >= 15 is 0 Å². The van der Waals surface area contributed by atoms with Gasteiger partial charge < -0.3 is 9.84 Å². The van der Waals surface area contributed by atoms with E-state index in [-0.39, 0.29) is 12.0 Å². The van der Waals surface area contributed by atoms with Gasteiger partial charge in [0.25, 0.3) is 0 Å². The van der Waals surface area contributed by atoms with Crippen molar-refractivity contribution in [1.29, 1.82) is 0 Å². The molecule has 0 aromatic heterocycles. The Balaban J connectivity index is 2.36. The average molecular weight is 248 g/mol. The van der Waals surface area contributed by atoms with Crippen LogP contribution in [0.15, 0.2) is 18.2 Å². The second-order valence-corrected chi connectivity index (χ2v) is 5.63. The number of aliphatic hydroxyl groups is 1. The van der Waals surface area contributed by atoms with E-state index < -0.39 is 0 Å². The van der Waals surface area contributed by atoms with E-state index in [0.29, 0.717) is 0 Å². The van der Waals surface area contributed by atoms with Crippen molar-refractivity contribution in [3.8, 4) is 5.75 Å². The van der Waals surface area contributed by atoms with E-state index in [9.17, 15) is 0 Å². The first-order chi connectivity index (χ1) is 8.69. The first-order valence-corrected chi connectivity index (χ1v) is 6.98. The Morgan fingerprint density at radius 3 is 2.56 bits per heavy atom. The number of aliphatic hydroxyl groups excluding tert-OH is 1. The van der Waals surface area contributed by atoms with E-state index in [0.717, 1.165) is 12.2 Å². The van der Waals surface area contributed by atoms with Gasteiger partial charge in [-0.3, -0.25) is 0 Å². The summed E-state index contributed by atoms with van der Waals surface area (Å²) in [6.07, 6.45) is 7.19. The molecule has 1 aliphatic carbocycles. The second-order valence-electron chi connectivity index (χ2n) is 5.63. The van der Waals surface area contributed by atoms with Crippen LogP contribution in [-0.2, 0) is 11.8 Å². The zero-order valence-corrected chi connectivity index (χ0v) is 11.5. The Morgan fingerprint density at radius 1 is 1.22 bits per heavy atom. The third-order valence-electron chi connectivity index (χ3n) is 4.27. The smallest absolute Gasteiger partial charge is 0.122 e. The molecule has 0 unspecified atom stereocenters. The van der Waals surface area contributed by atoms with Gasteiger partial charge in [-0.05, 0) is 36.3 Å². The number of methoxy groups -OCH3 is 1. The van der Waals surface area contributed by atoms with E-state index in [1.54, 1.807) is 7.11 Å². The minimum absolute atomic E-state index is 0.211. The van der Waals surface area contributed by atoms with Crippen LogP contribution in [0.2, 0.25) is 0 Å². The molecule has 2 rings (SSSR count). The molecule has 2 heteroatoms. The molecule has 1 saturated carbocycles. The van der Waals surface area contributed by atoms with Crippen LogP contribution in [0.4, 0.5) is 0 Å². The summed E-state index contributed by atoms with van der Waals surface area (Å²) in [7, 11) is 1.75. The average Bonchev–Trinajstić information content (AvgIpc) is 2.40. The summed E-state index contributed by atoms with van der Waals surface area (Å²) < 4.78 is 5.53. The van der Waals surface area contributed by atoms with Gasteiger partial charge in [0.1, 0.15) is 5.75 Å². The molecule has 0 heterocycles. The minimum atomic E-state index is 0.211. The Kier molecular flexibility index (Phi) is 4.28. The number of rotatable bonds is 4. The lowest BCUT2D eigenvalue weighted by molar-refractivity contribution is 0.296. The highest BCUT2D eigenvalue weighted by Gasteiger charge is 2.31. The molecule has 18 heavy (non-hydrogen) atoms. The molecule has 1 fully saturated rings. The molecular weight excluding hydrogens is 224 g/mol. The summed E-state index contributed by atoms with van der Waals surface area (Å²) in [6.45, 7) is 2.56. The van der Waals surface area contributed by atoms with Gasteiger partial charge in [-0.15, -0.1) is 0 Å². The molecule has 0 spiro atoms. The van der Waals surface area contributed by atoms with Crippen molar-refractivity contribution in [3.63, 3.8) is 0 Å². The van der Waals surface area contributed by atoms with E-state index in [2.05, 4.69) is 25.1 Å². The van der Waals surface area contributed by atoms with Crippen LogP contribution in [-0.4, -0.2) is 18.8 Å². The van der Waals surface area contributed by atoms with Crippen molar-refractivity contribution in [3.05, 3.63) is 29.3 Å². The molecule has 0 aliphatic heterocycles. The van der Waals surface area contributed by atoms with Crippen LogP contribution in [0.5, 0.6) is 5.75 Å². The molecule has 1 aromatic rings. The van der Waals surface area contributed by atoms with Crippen LogP contribution < -0.4 is 4.74 Å². The monoisotopic (exact) mass is 248 g/mol. The fourth-order valence-electron chi connectivity index (χ4n) is 3.11. The van der Waals surface area contributed by atoms with Crippen molar-refractivity contribution < 1.29 is 9.84 Å². The third-order valence-corrected chi connectivity index (χ3v) is 4.27. The van der Waals surface area contributed by atoms with E-state index in [4.69, 9.17) is 9.84 Å². The van der Waals surface area contributed by atoms with Gasteiger partial charge in [0.2, 0.25) is 0 Å². The first-order valence-electron chi connectivity index (χ1n) is 6.98. The SMILES string of the molecule is COc1ccc(CCO)cc1C1(C)CCCCC1. The van der Waals surface area contributed by atoms with Crippen LogP contribution in [0.3, 0.4) is 0 Å². The van der Waals surface area contributed by atoms with Crippen molar-refractivity contribution in [2.75, 3.05) is 13.7 Å². The predicted octanol–water partition coefficient (Wildman–Crippen LogP) is 3.45. The Morgan fingerprint density at radius 2 is 1.94 bits per heavy atom. The normalized spacial score (nSPS) is 18.6. The molecule has 0 saturated heterocycles. The Labute approximate surface area is 110 Å². The molecule has 100 valence electrons. The summed E-state index contributed by atoms with van der Waals surface area (Å²) in [6, 6.07) is 6.35. The second kappa shape index (κ2) is 5.75. The van der Waals surface area contributed by atoms with Crippen LogP contribution >= 0.6 is 0 Å². The zero-order chi connectivity index (χ0) is 13.0. The summed E-state index contributed by atoms with van der Waals surface area (Å²) in [5.74, 6) is 1.00. The predicted molar refractivity (Wildman–Crippen MR) is 74.2 cm³/mol. The molecule has 1 aliphatic rings. The lowest BCUT2D eigenvalue weighted by Crippen LogP contribution is -2.26. The highest BCUT2D eigenvalue weighted by atomic mass is 16.5. The summed E-state index contributed by atoms with van der Waals surface area (Å²) in [4.78, 5) is 0. The Hall–Kier alpha value is -1.02. The van der Waals surface area contributed by atoms with Crippen molar-refractivity contribution in [2.45, 2.75) is 50.9 Å². The molecular formula is C16H24O2. The maximum Gasteiger partial charge on any atom is 0.122 e. The minimum Gasteiger partial charge on any atom is -0.496 e. The first kappa shape index (κ1) is 13.4. The lowest BCUT2D eigenvalue weighted by Gasteiger charge is -2.35. The summed E-state index contributed by atoms with van der Waals surface area (Å²) in [5, 5.41) is 9.08. The van der Waals surface area contributed by atoms with Crippen molar-refractivity contribution in [2.24, 2.45) is 0 Å². The van der Waals surface area contributed by atoms with Gasteiger partial charge in [0, 0.05) is 12.2 Å². The van der Waals surface area contributed by atoms with E-state index in [1.165, 1.54) is 43.2 Å². The molecule has 2 nitrogen and oxygen atoms in total. The van der Waals surface area contributed by atoms with Gasteiger partial charge in [0.15, 0.2) is 0 Å². The molecule has 0 amide bonds. The molecule has 1 N–H and O–H groups in total. The third kappa shape index (κ3) is 2.69. The Bertz CT molecular complexity index is 392. The fourth-order valence-corrected chi connectivity index (χ4v) is 3.11. The molecule has 0 atom stereocenters. The number of hydrogen-bond acceptors (Lipinski definition) is 2. The highest BCUT2D eigenvalue weighted by Crippen LogP contribution is 2.43. The van der Waals surface area contributed by atoms with Crippen LogP contribution in [0, 0.1) is 0 Å². The van der Waals surface area contributed by atoms with Gasteiger partial charge >= 0.3 is 0 Å². The van der Waals surface area contributed by atoms with E-state index in [1.807, 2.05) is 0 Å². The summed E-state index contributed by atoms with van der Waals surface area (Å²) in [5.41, 5.74) is 2.78. The lowest BCUT2D eigenvalue weighted by atomic mass is 9.70. The molecule has 1 aromatic carbocycles. The number of ether oxygens (including phenoxy) is 1. The zero-order valence-electron chi connectivity index (χ0n) is 11.5. The largest absolute Gasteiger partial charge is 0.496 e. The summed E-state index contributed by atoms with van der Waals surface area (Å²) >= 11 is 0. The molecule has 0 radical (unpaired) electrons. The van der Waals surface area contributed by atoms with Crippen LogP contribution in [0.1, 0.15) is 50.2 Å². The number of benzene rings is 1. The fraction of sp³-hybridized carbons (Fsp3) is 0.625. The number of hydrogen-bond donors (Lipinski definition) is 1. The van der Waals surface area contributed by atoms with Crippen molar-refractivity contribution >= 4 is 0 Å². The maximum absolute atomic E-state index is 9.08. The van der Waals surface area contributed by atoms with Gasteiger partial charge in [-0.25, -0.2) is 0 Å². The molecule has 0 bridgehead atoms. The highest BCUT2D eigenvalue weighted by molar-refractivity contribution is 5.42.